The summed E-state index contributed by atoms with van der Waals surface area (Å²) < 4.78 is 22.9. The summed E-state index contributed by atoms with van der Waals surface area (Å²) in [5, 5.41) is 13.5. The number of aliphatic hydroxyl groups is 1. The maximum Gasteiger partial charge on any atom is 0.268 e. The Hall–Kier alpha value is -1.28. The third-order valence-corrected chi connectivity index (χ3v) is 7.79. The zero-order valence-electron chi connectivity index (χ0n) is 27.4. The van der Waals surface area contributed by atoms with E-state index in [4.69, 9.17) is 9.05 Å². The first-order valence-corrected chi connectivity index (χ1v) is 17.8. The van der Waals surface area contributed by atoms with E-state index in [-0.39, 0.29) is 12.5 Å². The number of aliphatic hydroxyl groups excluding tert-OH is 1. The number of quaternary nitrogens is 1. The molecular weight excluding hydrogens is 551 g/mol. The molecule has 246 valence electrons. The number of allylic oxidation sites excluding steroid dienone is 5. The van der Waals surface area contributed by atoms with E-state index in [9.17, 15) is 19.4 Å². The predicted octanol–water partition coefficient (Wildman–Crippen LogP) is 6.99. The van der Waals surface area contributed by atoms with E-state index in [0.29, 0.717) is 17.4 Å². The highest BCUT2D eigenvalue weighted by Gasteiger charge is 2.23. The Morgan fingerprint density at radius 2 is 1.33 bits per heavy atom. The van der Waals surface area contributed by atoms with Gasteiger partial charge in [-0.25, -0.2) is 0 Å². The van der Waals surface area contributed by atoms with Gasteiger partial charge < -0.3 is 28.8 Å². The van der Waals surface area contributed by atoms with Crippen LogP contribution in [-0.2, 0) is 18.4 Å². The Kier molecular flexibility index (Phi) is 25.4. The first-order valence-electron chi connectivity index (χ1n) is 16.4. The minimum Gasteiger partial charge on any atom is -0.756 e. The fourth-order valence-corrected chi connectivity index (χ4v) is 4.84. The van der Waals surface area contributed by atoms with Gasteiger partial charge in [-0.05, 0) is 44.9 Å². The number of carbonyl (C=O) groups is 1. The maximum atomic E-state index is 12.6. The van der Waals surface area contributed by atoms with Crippen LogP contribution in [0.4, 0.5) is 0 Å². The van der Waals surface area contributed by atoms with Crippen molar-refractivity contribution >= 4 is 13.7 Å². The number of nitrogens with one attached hydrogen (secondary N) is 1. The molecule has 0 fully saturated rings. The molecule has 3 atom stereocenters. The number of hydrogen-bond donors (Lipinski definition) is 2. The smallest absolute Gasteiger partial charge is 0.268 e. The number of hydrogen-bond acceptors (Lipinski definition) is 6. The van der Waals surface area contributed by atoms with E-state index >= 15 is 0 Å². The molecule has 0 rings (SSSR count). The number of phosphoric acid groups is 1. The highest BCUT2D eigenvalue weighted by Crippen LogP contribution is 2.38. The van der Waals surface area contributed by atoms with Crippen LogP contribution in [0, 0.1) is 0 Å². The van der Waals surface area contributed by atoms with Crippen molar-refractivity contribution in [2.24, 2.45) is 0 Å². The molecule has 0 aliphatic heterocycles. The van der Waals surface area contributed by atoms with Crippen LogP contribution in [0.5, 0.6) is 0 Å². The van der Waals surface area contributed by atoms with Crippen molar-refractivity contribution in [1.82, 2.24) is 5.32 Å². The lowest BCUT2D eigenvalue weighted by Gasteiger charge is -2.29. The summed E-state index contributed by atoms with van der Waals surface area (Å²) in [6.45, 7) is 4.48. The van der Waals surface area contributed by atoms with E-state index in [1.807, 2.05) is 27.2 Å². The molecule has 0 saturated heterocycles. The molecule has 0 aromatic rings. The van der Waals surface area contributed by atoms with Gasteiger partial charge in [-0.1, -0.05) is 102 Å². The summed E-state index contributed by atoms with van der Waals surface area (Å²) >= 11 is 0. The molecule has 3 unspecified atom stereocenters. The maximum absolute atomic E-state index is 12.6. The van der Waals surface area contributed by atoms with E-state index in [1.165, 1.54) is 44.9 Å². The van der Waals surface area contributed by atoms with E-state index in [2.05, 4.69) is 43.5 Å². The zero-order chi connectivity index (χ0) is 31.5. The van der Waals surface area contributed by atoms with Crippen molar-refractivity contribution < 1.29 is 32.9 Å². The molecule has 0 heterocycles. The molecule has 0 aliphatic rings. The number of rotatable bonds is 28. The van der Waals surface area contributed by atoms with Crippen LogP contribution in [0.2, 0.25) is 0 Å². The molecular formula is C33H63N2O6P. The van der Waals surface area contributed by atoms with Gasteiger partial charge in [-0.15, -0.1) is 0 Å². The molecule has 42 heavy (non-hydrogen) atoms. The van der Waals surface area contributed by atoms with E-state index in [1.54, 1.807) is 6.08 Å². The van der Waals surface area contributed by atoms with Gasteiger partial charge in [0.05, 0.1) is 39.9 Å². The third-order valence-electron chi connectivity index (χ3n) is 6.83. The molecule has 0 aliphatic carbocycles. The Morgan fingerprint density at radius 3 is 1.93 bits per heavy atom. The number of nitrogens with zero attached hydrogens (tertiary/aromatic N) is 1. The van der Waals surface area contributed by atoms with Gasteiger partial charge in [0.2, 0.25) is 5.91 Å². The van der Waals surface area contributed by atoms with E-state index in [0.717, 1.165) is 51.4 Å². The second-order valence-electron chi connectivity index (χ2n) is 12.1. The van der Waals surface area contributed by atoms with Crippen LogP contribution < -0.4 is 10.2 Å². The van der Waals surface area contributed by atoms with Crippen molar-refractivity contribution in [2.45, 2.75) is 129 Å². The molecule has 9 heteroatoms. The van der Waals surface area contributed by atoms with Crippen LogP contribution in [0.3, 0.4) is 0 Å². The van der Waals surface area contributed by atoms with E-state index < -0.39 is 26.6 Å². The molecule has 0 radical (unpaired) electrons. The minimum atomic E-state index is -4.58. The number of unbranched alkanes of at least 4 members (excludes halogenated alkanes) is 11. The predicted molar refractivity (Wildman–Crippen MR) is 173 cm³/mol. The first kappa shape index (κ1) is 40.7. The van der Waals surface area contributed by atoms with Crippen LogP contribution in [0.1, 0.15) is 117 Å². The monoisotopic (exact) mass is 614 g/mol. The number of likely N-dealkylation sites (N-methyl/N-ethyl adjacent to an activating group) is 1. The quantitative estimate of drug-likeness (QED) is 0.0426. The first-order chi connectivity index (χ1) is 20.0. The summed E-state index contributed by atoms with van der Waals surface area (Å²) in [6, 6.07) is -0.901. The highest BCUT2D eigenvalue weighted by molar-refractivity contribution is 7.45. The topological polar surface area (TPSA) is 108 Å². The van der Waals surface area contributed by atoms with Gasteiger partial charge in [0.1, 0.15) is 13.2 Å². The Morgan fingerprint density at radius 1 is 0.810 bits per heavy atom. The van der Waals surface area contributed by atoms with Gasteiger partial charge in [0.25, 0.3) is 7.82 Å². The van der Waals surface area contributed by atoms with Crippen molar-refractivity contribution in [2.75, 3.05) is 40.9 Å². The summed E-state index contributed by atoms with van der Waals surface area (Å²) in [7, 11) is 1.22. The summed E-state index contributed by atoms with van der Waals surface area (Å²) in [5.74, 6) is -0.223. The van der Waals surface area contributed by atoms with Crippen molar-refractivity contribution in [3.8, 4) is 0 Å². The molecule has 0 spiro atoms. The number of phosphoric ester groups is 1. The lowest BCUT2D eigenvalue weighted by atomic mass is 10.1. The second-order valence-corrected chi connectivity index (χ2v) is 13.6. The number of amides is 1. The zero-order valence-corrected chi connectivity index (χ0v) is 28.3. The molecule has 8 nitrogen and oxygen atoms in total. The standard InChI is InChI=1S/C33H63N2O6P/c1-6-8-10-12-14-15-16-17-18-19-21-22-24-26-32(36)31(30-41-42(38,39)40-29-28-35(3,4)5)34-33(37)27-25-23-20-13-11-9-7-2/h14-15,18-19,24,26,31-32,36H,6-13,16-17,20-23,25,27-30H2,1-5H3,(H-,34,37,38,39)/b15-14+,19-18+,26-24+. The largest absolute Gasteiger partial charge is 0.756 e. The lowest BCUT2D eigenvalue weighted by Crippen LogP contribution is -2.45. The SMILES string of the molecule is CCCCC/C=C/CC/C=C/CC/C=C/C(O)C(COP(=O)([O-])OCC[N+](C)(C)C)NC(=O)CCCCCCCCC. The second kappa shape index (κ2) is 26.2. The fourth-order valence-electron chi connectivity index (χ4n) is 4.12. The number of carbonyl (C=O) groups excluding carboxylic acids is 1. The lowest BCUT2D eigenvalue weighted by molar-refractivity contribution is -0.870. The average Bonchev–Trinajstić information content (AvgIpc) is 2.92. The van der Waals surface area contributed by atoms with Crippen LogP contribution in [0.25, 0.3) is 0 Å². The summed E-state index contributed by atoms with van der Waals surface area (Å²) in [5.41, 5.74) is 0. The van der Waals surface area contributed by atoms with Crippen molar-refractivity contribution in [3.63, 3.8) is 0 Å². The van der Waals surface area contributed by atoms with Crippen molar-refractivity contribution in [3.05, 3.63) is 36.5 Å². The normalized spacial score (nSPS) is 15.5. The highest BCUT2D eigenvalue weighted by atomic mass is 31.2. The van der Waals surface area contributed by atoms with Gasteiger partial charge in [0.15, 0.2) is 0 Å². The fraction of sp³-hybridized carbons (Fsp3) is 0.788. The third kappa shape index (κ3) is 27.5. The van der Waals surface area contributed by atoms with Crippen LogP contribution >= 0.6 is 7.82 Å². The molecule has 0 aromatic carbocycles. The van der Waals surface area contributed by atoms with Crippen molar-refractivity contribution in [1.29, 1.82) is 0 Å². The Balaban J connectivity index is 4.73. The van der Waals surface area contributed by atoms with Gasteiger partial charge in [-0.2, -0.15) is 0 Å². The van der Waals surface area contributed by atoms with Crippen LogP contribution in [0.15, 0.2) is 36.5 Å². The minimum absolute atomic E-state index is 0.00915. The molecule has 1 amide bonds. The summed E-state index contributed by atoms with van der Waals surface area (Å²) in [4.78, 5) is 24.9. The Labute approximate surface area is 257 Å². The summed E-state index contributed by atoms with van der Waals surface area (Å²) in [6.07, 6.45) is 27.8. The van der Waals surface area contributed by atoms with Gasteiger partial charge in [-0.3, -0.25) is 9.36 Å². The average molecular weight is 615 g/mol. The van der Waals surface area contributed by atoms with Gasteiger partial charge in [0, 0.05) is 6.42 Å². The molecule has 0 saturated carbocycles. The van der Waals surface area contributed by atoms with Gasteiger partial charge >= 0.3 is 0 Å². The molecule has 2 N–H and O–H groups in total. The molecule has 0 bridgehead atoms. The van der Waals surface area contributed by atoms with Crippen LogP contribution in [-0.4, -0.2) is 68.5 Å². The molecule has 0 aromatic heterocycles. The Bertz CT molecular complexity index is 794.